The van der Waals surface area contributed by atoms with Crippen molar-refractivity contribution in [3.05, 3.63) is 47.7 Å². The number of nitrogens with one attached hydrogen (secondary N) is 2. The Balaban J connectivity index is 1.95. The van der Waals surface area contributed by atoms with Crippen LogP contribution in [0.1, 0.15) is 62.1 Å². The molecule has 0 fully saturated rings. The maximum absolute atomic E-state index is 12.8. The number of unbranched alkanes of at least 4 members (excludes halogenated alkanes) is 2. The van der Waals surface area contributed by atoms with Crippen LogP contribution in [0.25, 0.3) is 11.3 Å². The van der Waals surface area contributed by atoms with E-state index in [0.717, 1.165) is 19.3 Å². The molecule has 1 aromatic carbocycles. The van der Waals surface area contributed by atoms with Crippen molar-refractivity contribution in [2.45, 2.75) is 58.4 Å². The highest BCUT2D eigenvalue weighted by molar-refractivity contribution is 5.92. The lowest BCUT2D eigenvalue weighted by Gasteiger charge is -2.29. The SMILES string of the molecule is CCCCC[C@@H](C(=O)NCNC(=O)c1ccc(-c2ccc(CC(=O)O)cc2)o1)[C@@H](CC)N(O)C=O. The molecule has 0 aliphatic rings. The first-order valence-electron chi connectivity index (χ1n) is 11.7. The van der Waals surface area contributed by atoms with Gasteiger partial charge in [-0.1, -0.05) is 57.4 Å². The molecule has 0 radical (unpaired) electrons. The van der Waals surface area contributed by atoms with Crippen LogP contribution in [0.5, 0.6) is 0 Å². The van der Waals surface area contributed by atoms with Crippen LogP contribution in [-0.4, -0.2) is 52.3 Å². The van der Waals surface area contributed by atoms with Crippen molar-refractivity contribution in [2.75, 3.05) is 6.67 Å². The average molecular weight is 488 g/mol. The summed E-state index contributed by atoms with van der Waals surface area (Å²) in [6, 6.07) is 9.27. The Kier molecular flexibility index (Phi) is 11.0. The van der Waals surface area contributed by atoms with Crippen LogP contribution in [0.15, 0.2) is 40.8 Å². The molecule has 10 nitrogen and oxygen atoms in total. The van der Waals surface area contributed by atoms with Crippen molar-refractivity contribution in [1.82, 2.24) is 15.7 Å². The molecule has 0 aliphatic heterocycles. The van der Waals surface area contributed by atoms with Gasteiger partial charge in [0.1, 0.15) is 5.76 Å². The van der Waals surface area contributed by atoms with Crippen LogP contribution in [0, 0.1) is 5.92 Å². The molecule has 2 rings (SSSR count). The maximum atomic E-state index is 12.8. The lowest BCUT2D eigenvalue weighted by atomic mass is 9.90. The molecule has 0 aliphatic carbocycles. The van der Waals surface area contributed by atoms with Gasteiger partial charge in [-0.2, -0.15) is 0 Å². The van der Waals surface area contributed by atoms with E-state index in [1.54, 1.807) is 37.3 Å². The van der Waals surface area contributed by atoms with Gasteiger partial charge in [0.05, 0.1) is 25.0 Å². The Labute approximate surface area is 204 Å². The van der Waals surface area contributed by atoms with Crippen molar-refractivity contribution in [2.24, 2.45) is 5.92 Å². The zero-order chi connectivity index (χ0) is 25.8. The molecule has 1 heterocycles. The number of carbonyl (C=O) groups is 4. The van der Waals surface area contributed by atoms with E-state index in [4.69, 9.17) is 9.52 Å². The number of amides is 3. The summed E-state index contributed by atoms with van der Waals surface area (Å²) < 4.78 is 5.60. The van der Waals surface area contributed by atoms with Crippen LogP contribution in [0.4, 0.5) is 0 Å². The van der Waals surface area contributed by atoms with Crippen LogP contribution >= 0.6 is 0 Å². The molecule has 2 atom stereocenters. The molecule has 0 bridgehead atoms. The van der Waals surface area contributed by atoms with Gasteiger partial charge in [0.25, 0.3) is 5.91 Å². The molecule has 0 saturated carbocycles. The number of rotatable bonds is 15. The van der Waals surface area contributed by atoms with Crippen molar-refractivity contribution in [3.63, 3.8) is 0 Å². The van der Waals surface area contributed by atoms with Crippen molar-refractivity contribution in [3.8, 4) is 11.3 Å². The fraction of sp³-hybridized carbons (Fsp3) is 0.440. The quantitative estimate of drug-likeness (QED) is 0.0991. The smallest absolute Gasteiger partial charge is 0.307 e. The molecule has 0 saturated heterocycles. The second-order valence-electron chi connectivity index (χ2n) is 8.22. The van der Waals surface area contributed by atoms with E-state index >= 15 is 0 Å². The summed E-state index contributed by atoms with van der Waals surface area (Å²) in [7, 11) is 0. The second-order valence-corrected chi connectivity index (χ2v) is 8.22. The molecule has 190 valence electrons. The van der Waals surface area contributed by atoms with Crippen molar-refractivity contribution >= 4 is 24.2 Å². The monoisotopic (exact) mass is 487 g/mol. The minimum atomic E-state index is -0.920. The van der Waals surface area contributed by atoms with Crippen LogP contribution in [-0.2, 0) is 20.8 Å². The maximum Gasteiger partial charge on any atom is 0.307 e. The second kappa shape index (κ2) is 13.9. The minimum Gasteiger partial charge on any atom is -0.481 e. The van der Waals surface area contributed by atoms with Crippen LogP contribution in [0.3, 0.4) is 0 Å². The number of carboxylic acid groups (broad SMARTS) is 1. The third-order valence-corrected chi connectivity index (χ3v) is 5.72. The predicted octanol–water partition coefficient (Wildman–Crippen LogP) is 3.20. The third kappa shape index (κ3) is 8.25. The van der Waals surface area contributed by atoms with Crippen LogP contribution in [0.2, 0.25) is 0 Å². The highest BCUT2D eigenvalue weighted by Crippen LogP contribution is 2.23. The van der Waals surface area contributed by atoms with Gasteiger partial charge in [0.15, 0.2) is 5.76 Å². The summed E-state index contributed by atoms with van der Waals surface area (Å²) in [6.07, 6.45) is 3.78. The largest absolute Gasteiger partial charge is 0.481 e. The van der Waals surface area contributed by atoms with E-state index < -0.39 is 23.8 Å². The molecular weight excluding hydrogens is 454 g/mol. The summed E-state index contributed by atoms with van der Waals surface area (Å²) >= 11 is 0. The summed E-state index contributed by atoms with van der Waals surface area (Å²) in [4.78, 5) is 47.1. The zero-order valence-electron chi connectivity index (χ0n) is 20.0. The zero-order valence-corrected chi connectivity index (χ0v) is 20.0. The normalized spacial score (nSPS) is 12.4. The lowest BCUT2D eigenvalue weighted by Crippen LogP contribution is -2.47. The van der Waals surface area contributed by atoms with Crippen molar-refractivity contribution in [1.29, 1.82) is 0 Å². The number of hydrogen-bond donors (Lipinski definition) is 4. The summed E-state index contributed by atoms with van der Waals surface area (Å²) in [5, 5.41) is 24.5. The van der Waals surface area contributed by atoms with Crippen LogP contribution < -0.4 is 10.6 Å². The number of furan rings is 1. The number of hydroxylamine groups is 2. The Morgan fingerprint density at radius 2 is 1.77 bits per heavy atom. The molecule has 3 amide bonds. The van der Waals surface area contributed by atoms with Gasteiger partial charge in [-0.15, -0.1) is 0 Å². The number of carbonyl (C=O) groups excluding carboxylic acids is 3. The number of benzene rings is 1. The molecule has 35 heavy (non-hydrogen) atoms. The standard InChI is InChI=1S/C25H33N3O7/c1-3-5-6-7-19(20(4-2)28(34)16-29)24(32)26-15-27-25(33)22-13-12-21(35-22)18-10-8-17(9-11-18)14-23(30)31/h8-13,16,19-20,34H,3-7,14-15H2,1-2H3,(H,26,32)(H,27,33)(H,30,31)/t19-,20-/m1/s1. The van der Waals surface area contributed by atoms with Gasteiger partial charge in [0.2, 0.25) is 12.3 Å². The number of nitrogens with zero attached hydrogens (tertiary/aromatic N) is 1. The molecule has 0 spiro atoms. The first kappa shape index (κ1) is 27.6. The summed E-state index contributed by atoms with van der Waals surface area (Å²) in [5.41, 5.74) is 1.34. The van der Waals surface area contributed by atoms with Gasteiger partial charge in [0, 0.05) is 5.56 Å². The van der Waals surface area contributed by atoms with Gasteiger partial charge >= 0.3 is 5.97 Å². The van der Waals surface area contributed by atoms with E-state index in [9.17, 15) is 24.4 Å². The van der Waals surface area contributed by atoms with E-state index in [2.05, 4.69) is 10.6 Å². The van der Waals surface area contributed by atoms with E-state index in [1.165, 1.54) is 6.07 Å². The van der Waals surface area contributed by atoms with E-state index in [0.29, 0.717) is 41.2 Å². The van der Waals surface area contributed by atoms with Gasteiger partial charge < -0.3 is 20.2 Å². The summed E-state index contributed by atoms with van der Waals surface area (Å²) in [6.45, 7) is 3.68. The Morgan fingerprint density at radius 3 is 2.37 bits per heavy atom. The predicted molar refractivity (Wildman–Crippen MR) is 127 cm³/mol. The topological polar surface area (TPSA) is 149 Å². The Hall–Kier alpha value is -3.66. The number of carboxylic acids is 1. The highest BCUT2D eigenvalue weighted by atomic mass is 16.5. The van der Waals surface area contributed by atoms with E-state index in [-0.39, 0.29) is 24.8 Å². The fourth-order valence-electron chi connectivity index (χ4n) is 3.85. The van der Waals surface area contributed by atoms with E-state index in [1.807, 2.05) is 6.92 Å². The molecular formula is C25H33N3O7. The van der Waals surface area contributed by atoms with Crippen molar-refractivity contribution < 1.29 is 33.9 Å². The number of aliphatic carboxylic acids is 1. The molecule has 4 N–H and O–H groups in total. The summed E-state index contributed by atoms with van der Waals surface area (Å²) in [5.74, 6) is -1.92. The molecule has 10 heteroatoms. The molecule has 1 aromatic heterocycles. The first-order chi connectivity index (χ1) is 16.8. The van der Waals surface area contributed by atoms with Gasteiger partial charge in [-0.25, -0.2) is 5.06 Å². The first-order valence-corrected chi connectivity index (χ1v) is 11.7. The third-order valence-electron chi connectivity index (χ3n) is 5.72. The highest BCUT2D eigenvalue weighted by Gasteiger charge is 2.30. The minimum absolute atomic E-state index is 0.0530. The fourth-order valence-corrected chi connectivity index (χ4v) is 3.85. The Bertz CT molecular complexity index is 987. The molecule has 0 unspecified atom stereocenters. The molecule has 2 aromatic rings. The van der Waals surface area contributed by atoms with Gasteiger partial charge in [-0.05, 0) is 30.5 Å². The van der Waals surface area contributed by atoms with Gasteiger partial charge in [-0.3, -0.25) is 24.4 Å². The lowest BCUT2D eigenvalue weighted by molar-refractivity contribution is -0.168. The number of hydrogen-bond acceptors (Lipinski definition) is 6. The Morgan fingerprint density at radius 1 is 1.06 bits per heavy atom. The average Bonchev–Trinajstić information content (AvgIpc) is 3.34.